The number of ether oxygens (including phenoxy) is 1. The third kappa shape index (κ3) is 4.74. The highest BCUT2D eigenvalue weighted by molar-refractivity contribution is 5.77. The highest BCUT2D eigenvalue weighted by Crippen LogP contribution is 2.40. The number of likely N-dealkylation sites (tertiary alicyclic amines) is 2. The molecule has 1 atom stereocenters. The molecular formula is C21H34N4O3. The minimum atomic E-state index is 0.248. The summed E-state index contributed by atoms with van der Waals surface area (Å²) in [5.74, 6) is 2.38. The number of hydrogen-bond donors (Lipinski definition) is 0. The van der Waals surface area contributed by atoms with Crippen LogP contribution in [0.25, 0.3) is 0 Å². The smallest absolute Gasteiger partial charge is 0.226 e. The second-order valence-electron chi connectivity index (χ2n) is 9.39. The first-order valence-corrected chi connectivity index (χ1v) is 10.9. The van der Waals surface area contributed by atoms with Crippen molar-refractivity contribution < 1.29 is 14.1 Å². The average molecular weight is 391 g/mol. The molecule has 7 heteroatoms. The monoisotopic (exact) mass is 390 g/mol. The fourth-order valence-corrected chi connectivity index (χ4v) is 4.88. The molecule has 28 heavy (non-hydrogen) atoms. The molecule has 1 aromatic rings. The molecule has 0 unspecified atom stereocenters. The van der Waals surface area contributed by atoms with E-state index in [-0.39, 0.29) is 11.5 Å². The van der Waals surface area contributed by atoms with Gasteiger partial charge < -0.3 is 14.2 Å². The summed E-state index contributed by atoms with van der Waals surface area (Å²) in [5.41, 5.74) is 0.281. The molecular weight excluding hydrogens is 356 g/mol. The van der Waals surface area contributed by atoms with E-state index in [0.29, 0.717) is 18.2 Å². The molecule has 0 N–H and O–H groups in total. The van der Waals surface area contributed by atoms with Gasteiger partial charge in [0.2, 0.25) is 11.8 Å². The number of hydrogen-bond acceptors (Lipinski definition) is 6. The Labute approximate surface area is 167 Å². The zero-order valence-corrected chi connectivity index (χ0v) is 17.4. The first kappa shape index (κ1) is 19.8. The maximum Gasteiger partial charge on any atom is 0.226 e. The lowest BCUT2D eigenvalue weighted by atomic mass is 9.72. The quantitative estimate of drug-likeness (QED) is 0.744. The van der Waals surface area contributed by atoms with E-state index < -0.39 is 0 Å². The van der Waals surface area contributed by atoms with Crippen LogP contribution in [0.2, 0.25) is 0 Å². The van der Waals surface area contributed by atoms with Gasteiger partial charge >= 0.3 is 0 Å². The Kier molecular flexibility index (Phi) is 6.01. The maximum atomic E-state index is 12.4. The number of amides is 1. The van der Waals surface area contributed by atoms with Crippen LogP contribution in [-0.2, 0) is 22.5 Å². The van der Waals surface area contributed by atoms with Crippen molar-refractivity contribution in [1.29, 1.82) is 0 Å². The van der Waals surface area contributed by atoms with E-state index in [4.69, 9.17) is 9.26 Å². The van der Waals surface area contributed by atoms with Crippen molar-refractivity contribution in [3.05, 3.63) is 11.7 Å². The van der Waals surface area contributed by atoms with E-state index >= 15 is 0 Å². The second-order valence-corrected chi connectivity index (χ2v) is 9.39. The highest BCUT2D eigenvalue weighted by atomic mass is 16.5. The zero-order chi connectivity index (χ0) is 19.6. The van der Waals surface area contributed by atoms with Gasteiger partial charge in [-0.05, 0) is 56.5 Å². The largest absolute Gasteiger partial charge is 0.376 e. The molecule has 4 heterocycles. The Morgan fingerprint density at radius 3 is 2.79 bits per heavy atom. The fourth-order valence-electron chi connectivity index (χ4n) is 4.88. The van der Waals surface area contributed by atoms with Crippen molar-refractivity contribution >= 4 is 5.91 Å². The van der Waals surface area contributed by atoms with E-state index in [9.17, 15) is 4.79 Å². The van der Waals surface area contributed by atoms with Crippen LogP contribution in [0.15, 0.2) is 4.52 Å². The van der Waals surface area contributed by atoms with Gasteiger partial charge in [0.05, 0.1) is 12.6 Å². The molecule has 3 saturated heterocycles. The topological polar surface area (TPSA) is 71.7 Å². The van der Waals surface area contributed by atoms with Gasteiger partial charge in [-0.2, -0.15) is 4.98 Å². The standard InChI is InChI=1S/C21H34N4O3/c1-16(2)12-19-22-18(23-28-19)14-24-9-7-21(8-10-24)6-5-20(26)25(15-21)13-17-4-3-11-27-17/h16-17H,3-15H2,1-2H3/t17-/m0/s1. The number of aromatic nitrogens is 2. The number of carbonyl (C=O) groups is 1. The minimum absolute atomic E-state index is 0.248. The third-order valence-electron chi connectivity index (χ3n) is 6.57. The predicted octanol–water partition coefficient (Wildman–Crippen LogP) is 2.65. The van der Waals surface area contributed by atoms with Crippen LogP contribution in [0.5, 0.6) is 0 Å². The summed E-state index contributed by atoms with van der Waals surface area (Å²) < 4.78 is 11.1. The molecule has 1 spiro atoms. The molecule has 156 valence electrons. The summed E-state index contributed by atoms with van der Waals surface area (Å²) in [6.45, 7) is 9.69. The Morgan fingerprint density at radius 2 is 2.07 bits per heavy atom. The van der Waals surface area contributed by atoms with Crippen molar-refractivity contribution in [2.24, 2.45) is 11.3 Å². The maximum absolute atomic E-state index is 12.4. The van der Waals surface area contributed by atoms with Gasteiger partial charge in [0.1, 0.15) is 0 Å². The van der Waals surface area contributed by atoms with E-state index in [1.807, 2.05) is 0 Å². The van der Waals surface area contributed by atoms with Crippen LogP contribution >= 0.6 is 0 Å². The molecule has 4 rings (SSSR count). The lowest BCUT2D eigenvalue weighted by molar-refractivity contribution is -0.141. The molecule has 3 fully saturated rings. The molecule has 0 bridgehead atoms. The summed E-state index contributed by atoms with van der Waals surface area (Å²) in [5, 5.41) is 4.15. The van der Waals surface area contributed by atoms with Crippen LogP contribution in [-0.4, -0.2) is 64.7 Å². The van der Waals surface area contributed by atoms with Crippen molar-refractivity contribution in [2.45, 2.75) is 71.4 Å². The molecule has 1 aromatic heterocycles. The van der Waals surface area contributed by atoms with Gasteiger partial charge in [-0.25, -0.2) is 0 Å². The van der Waals surface area contributed by atoms with E-state index in [0.717, 1.165) is 89.6 Å². The average Bonchev–Trinajstić information content (AvgIpc) is 3.32. The summed E-state index contributed by atoms with van der Waals surface area (Å²) in [7, 11) is 0. The van der Waals surface area contributed by atoms with Crippen LogP contribution in [0.4, 0.5) is 0 Å². The van der Waals surface area contributed by atoms with Crippen LogP contribution in [0, 0.1) is 11.3 Å². The van der Waals surface area contributed by atoms with Gasteiger partial charge in [0, 0.05) is 32.5 Å². The molecule has 3 aliphatic heterocycles. The molecule has 0 radical (unpaired) electrons. The zero-order valence-electron chi connectivity index (χ0n) is 17.4. The third-order valence-corrected chi connectivity index (χ3v) is 6.57. The second kappa shape index (κ2) is 8.49. The molecule has 0 saturated carbocycles. The Morgan fingerprint density at radius 1 is 1.25 bits per heavy atom. The lowest BCUT2D eigenvalue weighted by Crippen LogP contribution is -2.52. The van der Waals surface area contributed by atoms with E-state index in [1.54, 1.807) is 0 Å². The number of nitrogens with zero attached hydrogens (tertiary/aromatic N) is 4. The summed E-state index contributed by atoms with van der Waals surface area (Å²) in [6.07, 6.45) is 7.30. The number of rotatable bonds is 6. The van der Waals surface area contributed by atoms with E-state index in [1.165, 1.54) is 0 Å². The minimum Gasteiger partial charge on any atom is -0.376 e. The van der Waals surface area contributed by atoms with Crippen LogP contribution in [0.1, 0.15) is 64.1 Å². The Hall–Kier alpha value is -1.47. The normalized spacial score (nSPS) is 25.9. The molecule has 0 aliphatic carbocycles. The molecule has 0 aromatic carbocycles. The summed E-state index contributed by atoms with van der Waals surface area (Å²) >= 11 is 0. The first-order chi connectivity index (χ1) is 13.5. The number of piperidine rings is 2. The van der Waals surface area contributed by atoms with Crippen molar-refractivity contribution in [3.8, 4) is 0 Å². The van der Waals surface area contributed by atoms with E-state index in [2.05, 4.69) is 33.8 Å². The molecule has 3 aliphatic rings. The van der Waals surface area contributed by atoms with Gasteiger partial charge in [0.15, 0.2) is 5.82 Å². The van der Waals surface area contributed by atoms with Crippen LogP contribution in [0.3, 0.4) is 0 Å². The number of carbonyl (C=O) groups excluding carboxylic acids is 1. The SMILES string of the molecule is CC(C)Cc1nc(CN2CCC3(CCC(=O)N(C[C@@H]4CCCO4)C3)CC2)no1. The van der Waals surface area contributed by atoms with Gasteiger partial charge in [-0.1, -0.05) is 19.0 Å². The summed E-state index contributed by atoms with van der Waals surface area (Å²) in [4.78, 5) is 21.5. The van der Waals surface area contributed by atoms with Gasteiger partial charge in [-0.3, -0.25) is 9.69 Å². The van der Waals surface area contributed by atoms with Crippen molar-refractivity contribution in [3.63, 3.8) is 0 Å². The van der Waals surface area contributed by atoms with Gasteiger partial charge in [-0.15, -0.1) is 0 Å². The Balaban J connectivity index is 1.28. The lowest BCUT2D eigenvalue weighted by Gasteiger charge is -2.47. The molecule has 7 nitrogen and oxygen atoms in total. The predicted molar refractivity (Wildman–Crippen MR) is 105 cm³/mol. The fraction of sp³-hybridized carbons (Fsp3) is 0.857. The van der Waals surface area contributed by atoms with Crippen molar-refractivity contribution in [1.82, 2.24) is 19.9 Å². The first-order valence-electron chi connectivity index (χ1n) is 10.9. The van der Waals surface area contributed by atoms with Crippen molar-refractivity contribution in [2.75, 3.05) is 32.8 Å². The van der Waals surface area contributed by atoms with Crippen LogP contribution < -0.4 is 0 Å². The summed E-state index contributed by atoms with van der Waals surface area (Å²) in [6, 6.07) is 0. The highest BCUT2D eigenvalue weighted by Gasteiger charge is 2.41. The molecule has 1 amide bonds. The Bertz CT molecular complexity index is 660. The van der Waals surface area contributed by atoms with Gasteiger partial charge in [0.25, 0.3) is 0 Å².